The van der Waals surface area contributed by atoms with E-state index in [1.165, 1.54) is 0 Å². The van der Waals surface area contributed by atoms with Crippen molar-refractivity contribution in [2.45, 2.75) is 19.4 Å². The molecule has 0 fully saturated rings. The Morgan fingerprint density at radius 1 is 1.89 bits per heavy atom. The van der Waals surface area contributed by atoms with Crippen molar-refractivity contribution >= 4 is 11.9 Å². The van der Waals surface area contributed by atoms with E-state index in [4.69, 9.17) is 5.73 Å². The van der Waals surface area contributed by atoms with Gasteiger partial charge in [0.15, 0.2) is 5.96 Å². The molecule has 0 aromatic heterocycles. The van der Waals surface area contributed by atoms with Crippen LogP contribution in [-0.4, -0.2) is 17.9 Å². The summed E-state index contributed by atoms with van der Waals surface area (Å²) in [4.78, 5) is 14.5. The summed E-state index contributed by atoms with van der Waals surface area (Å²) < 4.78 is 0. The van der Waals surface area contributed by atoms with Gasteiger partial charge in [0, 0.05) is 0 Å². The molecule has 1 atom stereocenters. The van der Waals surface area contributed by atoms with E-state index in [2.05, 4.69) is 10.3 Å². The number of nitrogens with zero attached hydrogens (tertiary/aromatic N) is 1. The third-order valence-corrected chi connectivity index (χ3v) is 1.24. The summed E-state index contributed by atoms with van der Waals surface area (Å²) in [5, 5.41) is 2.41. The molecule has 4 nitrogen and oxygen atoms in total. The van der Waals surface area contributed by atoms with E-state index in [0.29, 0.717) is 6.42 Å². The van der Waals surface area contributed by atoms with E-state index < -0.39 is 0 Å². The van der Waals surface area contributed by atoms with Crippen molar-refractivity contribution in [2.75, 3.05) is 0 Å². The Bertz CT molecular complexity index is 164. The molecule has 0 radical (unpaired) electrons. The van der Waals surface area contributed by atoms with Crippen molar-refractivity contribution in [3.05, 3.63) is 0 Å². The molecule has 0 aliphatic carbocycles. The molecule has 0 spiro atoms. The van der Waals surface area contributed by atoms with Crippen molar-refractivity contribution in [3.63, 3.8) is 0 Å². The SMILES string of the molecule is CCC1N=C(N)NC1=O. The Labute approximate surface area is 53.1 Å². The first-order chi connectivity index (χ1) is 4.24. The zero-order valence-corrected chi connectivity index (χ0v) is 5.22. The zero-order chi connectivity index (χ0) is 6.85. The molecule has 50 valence electrons. The van der Waals surface area contributed by atoms with Crippen LogP contribution in [-0.2, 0) is 4.79 Å². The Kier molecular flexibility index (Phi) is 1.38. The van der Waals surface area contributed by atoms with Gasteiger partial charge >= 0.3 is 0 Å². The fourth-order valence-corrected chi connectivity index (χ4v) is 0.745. The van der Waals surface area contributed by atoms with Gasteiger partial charge in [-0.05, 0) is 6.42 Å². The average Bonchev–Trinajstić information content (AvgIpc) is 2.10. The van der Waals surface area contributed by atoms with Crippen molar-refractivity contribution < 1.29 is 4.79 Å². The van der Waals surface area contributed by atoms with Gasteiger partial charge in [0.2, 0.25) is 0 Å². The van der Waals surface area contributed by atoms with Gasteiger partial charge in [-0.1, -0.05) is 6.92 Å². The predicted octanol–water partition coefficient (Wildman–Crippen LogP) is -0.790. The Balaban J connectivity index is 2.64. The summed E-state index contributed by atoms with van der Waals surface area (Å²) in [7, 11) is 0. The highest BCUT2D eigenvalue weighted by Gasteiger charge is 2.21. The molecular formula is C5H9N3O. The van der Waals surface area contributed by atoms with Crippen molar-refractivity contribution in [1.29, 1.82) is 0 Å². The lowest BCUT2D eigenvalue weighted by molar-refractivity contribution is -0.120. The first kappa shape index (κ1) is 6.07. The van der Waals surface area contributed by atoms with Gasteiger partial charge in [0.1, 0.15) is 6.04 Å². The van der Waals surface area contributed by atoms with Crippen molar-refractivity contribution in [3.8, 4) is 0 Å². The topological polar surface area (TPSA) is 67.5 Å². The first-order valence-electron chi connectivity index (χ1n) is 2.88. The molecule has 1 aliphatic heterocycles. The van der Waals surface area contributed by atoms with Crippen LogP contribution in [0.1, 0.15) is 13.3 Å². The van der Waals surface area contributed by atoms with Crippen LogP contribution in [0.3, 0.4) is 0 Å². The molecule has 0 saturated carbocycles. The van der Waals surface area contributed by atoms with Crippen LogP contribution in [0.25, 0.3) is 0 Å². The number of carbonyl (C=O) groups is 1. The molecule has 9 heavy (non-hydrogen) atoms. The van der Waals surface area contributed by atoms with Crippen molar-refractivity contribution in [2.24, 2.45) is 10.7 Å². The average molecular weight is 127 g/mol. The Morgan fingerprint density at radius 3 is 2.78 bits per heavy atom. The van der Waals surface area contributed by atoms with Crippen LogP contribution in [0.2, 0.25) is 0 Å². The number of hydrogen-bond acceptors (Lipinski definition) is 3. The van der Waals surface area contributed by atoms with Crippen LogP contribution in [0.4, 0.5) is 0 Å². The minimum absolute atomic E-state index is 0.0880. The lowest BCUT2D eigenvalue weighted by Crippen LogP contribution is -2.32. The highest BCUT2D eigenvalue weighted by atomic mass is 16.2. The summed E-state index contributed by atoms with van der Waals surface area (Å²) in [6, 6.07) is -0.245. The number of nitrogens with one attached hydrogen (secondary N) is 1. The number of rotatable bonds is 1. The zero-order valence-electron chi connectivity index (χ0n) is 5.22. The minimum atomic E-state index is -0.245. The molecule has 0 aromatic rings. The Morgan fingerprint density at radius 2 is 2.56 bits per heavy atom. The van der Waals surface area contributed by atoms with Crippen LogP contribution < -0.4 is 11.1 Å². The molecule has 1 amide bonds. The molecule has 1 rings (SSSR count). The summed E-state index contributed by atoms with van der Waals surface area (Å²) in [6.07, 6.45) is 0.715. The maximum Gasteiger partial charge on any atom is 0.251 e. The number of carbonyl (C=O) groups excluding carboxylic acids is 1. The standard InChI is InChI=1S/C5H9N3O/c1-2-3-4(9)8-5(6)7-3/h3H,2H2,1H3,(H3,6,7,8,9). The maximum absolute atomic E-state index is 10.7. The van der Waals surface area contributed by atoms with E-state index in [1.54, 1.807) is 0 Å². The third kappa shape index (κ3) is 1.01. The molecule has 0 saturated heterocycles. The van der Waals surface area contributed by atoms with Crippen LogP contribution in [0.15, 0.2) is 4.99 Å². The molecule has 1 heterocycles. The van der Waals surface area contributed by atoms with E-state index >= 15 is 0 Å². The lowest BCUT2D eigenvalue weighted by Gasteiger charge is -1.95. The third-order valence-electron chi connectivity index (χ3n) is 1.24. The molecular weight excluding hydrogens is 118 g/mol. The van der Waals surface area contributed by atoms with Gasteiger partial charge in [-0.2, -0.15) is 0 Å². The molecule has 1 unspecified atom stereocenters. The second kappa shape index (κ2) is 2.05. The number of amides is 1. The Hall–Kier alpha value is -1.06. The van der Waals surface area contributed by atoms with Gasteiger partial charge in [-0.3, -0.25) is 10.1 Å². The van der Waals surface area contributed by atoms with Gasteiger partial charge in [-0.25, -0.2) is 4.99 Å². The number of guanidine groups is 1. The lowest BCUT2D eigenvalue weighted by atomic mass is 10.2. The fourth-order valence-electron chi connectivity index (χ4n) is 0.745. The summed E-state index contributed by atoms with van der Waals surface area (Å²) >= 11 is 0. The number of nitrogens with two attached hydrogens (primary N) is 1. The fraction of sp³-hybridized carbons (Fsp3) is 0.600. The molecule has 0 bridgehead atoms. The highest BCUT2D eigenvalue weighted by molar-refractivity contribution is 6.04. The second-order valence-corrected chi connectivity index (χ2v) is 1.93. The first-order valence-corrected chi connectivity index (χ1v) is 2.88. The maximum atomic E-state index is 10.7. The predicted molar refractivity (Wildman–Crippen MR) is 33.8 cm³/mol. The molecule has 0 aromatic carbocycles. The van der Waals surface area contributed by atoms with Crippen LogP contribution in [0, 0.1) is 0 Å². The van der Waals surface area contributed by atoms with Gasteiger partial charge < -0.3 is 5.73 Å². The monoisotopic (exact) mass is 127 g/mol. The summed E-state index contributed by atoms with van der Waals surface area (Å²) in [6.45, 7) is 1.90. The van der Waals surface area contributed by atoms with Crippen LogP contribution in [0.5, 0.6) is 0 Å². The van der Waals surface area contributed by atoms with Crippen LogP contribution >= 0.6 is 0 Å². The largest absolute Gasteiger partial charge is 0.370 e. The van der Waals surface area contributed by atoms with Gasteiger partial charge in [0.25, 0.3) is 5.91 Å². The normalized spacial score (nSPS) is 25.7. The molecule has 4 heteroatoms. The number of hydrogen-bond donors (Lipinski definition) is 2. The van der Waals surface area contributed by atoms with Gasteiger partial charge in [-0.15, -0.1) is 0 Å². The van der Waals surface area contributed by atoms with E-state index in [-0.39, 0.29) is 17.9 Å². The van der Waals surface area contributed by atoms with Crippen molar-refractivity contribution in [1.82, 2.24) is 5.32 Å². The smallest absolute Gasteiger partial charge is 0.251 e. The molecule has 1 aliphatic rings. The quantitative estimate of drug-likeness (QED) is 0.484. The minimum Gasteiger partial charge on any atom is -0.370 e. The molecule has 3 N–H and O–H groups in total. The summed E-state index contributed by atoms with van der Waals surface area (Å²) in [5.41, 5.74) is 5.21. The van der Waals surface area contributed by atoms with E-state index in [9.17, 15) is 4.79 Å². The highest BCUT2D eigenvalue weighted by Crippen LogP contribution is 2.01. The summed E-state index contributed by atoms with van der Waals surface area (Å²) in [5.74, 6) is 0.154. The van der Waals surface area contributed by atoms with E-state index in [0.717, 1.165) is 0 Å². The number of aliphatic imine (C=N–C) groups is 1. The van der Waals surface area contributed by atoms with E-state index in [1.807, 2.05) is 6.92 Å². The second-order valence-electron chi connectivity index (χ2n) is 1.93. The van der Waals surface area contributed by atoms with Gasteiger partial charge in [0.05, 0.1) is 0 Å².